The molecule has 0 saturated heterocycles. The Balaban J connectivity index is 2.19. The summed E-state index contributed by atoms with van der Waals surface area (Å²) in [6.45, 7) is 0. The number of esters is 1. The van der Waals surface area contributed by atoms with Crippen LogP contribution in [-0.2, 0) is 20.7 Å². The topological polar surface area (TPSA) is 83.1 Å². The van der Waals surface area contributed by atoms with Crippen LogP contribution in [0.5, 0.6) is 17.2 Å². The monoisotopic (exact) mass is 365 g/mol. The van der Waals surface area contributed by atoms with E-state index in [1.165, 1.54) is 28.4 Å². The second-order valence-corrected chi connectivity index (χ2v) is 6.39. The number of rotatable bonds is 7. The van der Waals surface area contributed by atoms with Crippen LogP contribution >= 0.6 is 0 Å². The molecule has 1 aromatic rings. The van der Waals surface area contributed by atoms with Gasteiger partial charge in [0, 0.05) is 0 Å². The van der Waals surface area contributed by atoms with Crippen molar-refractivity contribution in [3.8, 4) is 17.2 Å². The van der Waals surface area contributed by atoms with Crippen molar-refractivity contribution in [2.45, 2.75) is 44.1 Å². The van der Waals surface area contributed by atoms with Crippen LogP contribution in [-0.4, -0.2) is 45.9 Å². The Labute approximate surface area is 153 Å². The lowest BCUT2D eigenvalue weighted by molar-refractivity contribution is -0.152. The molecule has 0 spiro atoms. The Hall–Kier alpha value is -2.44. The minimum atomic E-state index is -0.926. The highest BCUT2D eigenvalue weighted by Gasteiger charge is 2.41. The van der Waals surface area contributed by atoms with E-state index in [1.807, 2.05) is 0 Å². The van der Waals surface area contributed by atoms with Gasteiger partial charge in [-0.15, -0.1) is 0 Å². The number of hydrogen-bond acceptors (Lipinski definition) is 6. The number of carbonyl (C=O) groups is 2. The van der Waals surface area contributed by atoms with Crippen molar-refractivity contribution in [1.82, 2.24) is 5.32 Å². The van der Waals surface area contributed by atoms with Crippen LogP contribution in [0.4, 0.5) is 0 Å². The van der Waals surface area contributed by atoms with Gasteiger partial charge < -0.3 is 24.3 Å². The maximum Gasteiger partial charge on any atom is 0.331 e. The fraction of sp³-hybridized carbons (Fsp3) is 0.579. The van der Waals surface area contributed by atoms with E-state index >= 15 is 0 Å². The van der Waals surface area contributed by atoms with E-state index in [1.54, 1.807) is 12.1 Å². The third-order valence-corrected chi connectivity index (χ3v) is 4.75. The van der Waals surface area contributed by atoms with Crippen LogP contribution in [0.1, 0.15) is 37.7 Å². The van der Waals surface area contributed by atoms with E-state index in [9.17, 15) is 9.59 Å². The maximum atomic E-state index is 12.6. The van der Waals surface area contributed by atoms with Gasteiger partial charge in [-0.3, -0.25) is 4.79 Å². The average molecular weight is 365 g/mol. The molecule has 1 aromatic carbocycles. The summed E-state index contributed by atoms with van der Waals surface area (Å²) >= 11 is 0. The van der Waals surface area contributed by atoms with Gasteiger partial charge in [0.1, 0.15) is 5.54 Å². The first kappa shape index (κ1) is 19.9. The van der Waals surface area contributed by atoms with Crippen LogP contribution in [0.3, 0.4) is 0 Å². The summed E-state index contributed by atoms with van der Waals surface area (Å²) in [5.74, 6) is 0.810. The quantitative estimate of drug-likeness (QED) is 0.746. The summed E-state index contributed by atoms with van der Waals surface area (Å²) < 4.78 is 20.9. The average Bonchev–Trinajstić information content (AvgIpc) is 2.66. The minimum absolute atomic E-state index is 0.0927. The van der Waals surface area contributed by atoms with Gasteiger partial charge in [0.25, 0.3) is 0 Å². The zero-order valence-corrected chi connectivity index (χ0v) is 15.8. The molecule has 1 N–H and O–H groups in total. The number of nitrogens with one attached hydrogen (secondary N) is 1. The van der Waals surface area contributed by atoms with E-state index in [2.05, 4.69) is 5.32 Å². The summed E-state index contributed by atoms with van der Waals surface area (Å²) in [6, 6.07) is 3.46. The molecule has 0 aliphatic heterocycles. The Morgan fingerprint density at radius 3 is 2.00 bits per heavy atom. The summed E-state index contributed by atoms with van der Waals surface area (Å²) in [5.41, 5.74) is -0.224. The van der Waals surface area contributed by atoms with E-state index in [-0.39, 0.29) is 18.3 Å². The molecule has 2 rings (SSSR count). The highest BCUT2D eigenvalue weighted by molar-refractivity contribution is 5.89. The van der Waals surface area contributed by atoms with E-state index in [0.29, 0.717) is 35.7 Å². The Kier molecular flexibility index (Phi) is 6.71. The molecular formula is C19H27NO6. The first-order valence-electron chi connectivity index (χ1n) is 8.68. The number of methoxy groups -OCH3 is 4. The van der Waals surface area contributed by atoms with Crippen LogP contribution in [0, 0.1) is 0 Å². The van der Waals surface area contributed by atoms with Crippen molar-refractivity contribution in [1.29, 1.82) is 0 Å². The molecule has 0 unspecified atom stereocenters. The van der Waals surface area contributed by atoms with Crippen molar-refractivity contribution in [3.63, 3.8) is 0 Å². The van der Waals surface area contributed by atoms with Crippen molar-refractivity contribution >= 4 is 11.9 Å². The SMILES string of the molecule is COC(=O)C1(NC(=O)Cc2cc(OC)c(OC)c(OC)c2)CCCCC1. The smallest absolute Gasteiger partial charge is 0.331 e. The van der Waals surface area contributed by atoms with Gasteiger partial charge >= 0.3 is 5.97 Å². The fourth-order valence-corrected chi connectivity index (χ4v) is 3.46. The predicted octanol–water partition coefficient (Wildman–Crippen LogP) is 2.25. The van der Waals surface area contributed by atoms with Gasteiger partial charge in [0.05, 0.1) is 34.9 Å². The Morgan fingerprint density at radius 2 is 1.54 bits per heavy atom. The molecule has 0 radical (unpaired) electrons. The van der Waals surface area contributed by atoms with Gasteiger partial charge in [-0.05, 0) is 30.5 Å². The van der Waals surface area contributed by atoms with Crippen molar-refractivity contribution in [2.24, 2.45) is 0 Å². The zero-order chi connectivity index (χ0) is 19.2. The molecular weight excluding hydrogens is 338 g/mol. The van der Waals surface area contributed by atoms with Crippen molar-refractivity contribution in [3.05, 3.63) is 17.7 Å². The third-order valence-electron chi connectivity index (χ3n) is 4.75. The molecule has 1 aliphatic carbocycles. The summed E-state index contributed by atoms with van der Waals surface area (Å²) in [5, 5.41) is 2.91. The lowest BCUT2D eigenvalue weighted by atomic mass is 9.81. The lowest BCUT2D eigenvalue weighted by Crippen LogP contribution is -2.56. The first-order valence-corrected chi connectivity index (χ1v) is 8.68. The molecule has 7 nitrogen and oxygen atoms in total. The second kappa shape index (κ2) is 8.78. The molecule has 0 bridgehead atoms. The van der Waals surface area contributed by atoms with Gasteiger partial charge in [-0.25, -0.2) is 4.79 Å². The van der Waals surface area contributed by atoms with Gasteiger partial charge in [-0.2, -0.15) is 0 Å². The van der Waals surface area contributed by atoms with Gasteiger partial charge in [0.15, 0.2) is 11.5 Å². The van der Waals surface area contributed by atoms with Crippen LogP contribution < -0.4 is 19.5 Å². The summed E-state index contributed by atoms with van der Waals surface area (Å²) in [7, 11) is 5.92. The minimum Gasteiger partial charge on any atom is -0.493 e. The number of carbonyl (C=O) groups excluding carboxylic acids is 2. The molecule has 1 fully saturated rings. The molecule has 1 amide bonds. The highest BCUT2D eigenvalue weighted by atomic mass is 16.5. The molecule has 1 aliphatic rings. The van der Waals surface area contributed by atoms with Gasteiger partial charge in [0.2, 0.25) is 11.7 Å². The molecule has 0 aromatic heterocycles. The standard InChI is InChI=1S/C19H27NO6/c1-23-14-10-13(11-15(24-2)17(14)25-3)12-16(21)20-19(18(22)26-4)8-6-5-7-9-19/h10-11H,5-9,12H2,1-4H3,(H,20,21). The molecule has 7 heteroatoms. The van der Waals surface area contributed by atoms with Crippen molar-refractivity contribution < 1.29 is 28.5 Å². The normalized spacial score (nSPS) is 15.7. The summed E-state index contributed by atoms with van der Waals surface area (Å²) in [4.78, 5) is 24.9. The predicted molar refractivity (Wildman–Crippen MR) is 95.8 cm³/mol. The van der Waals surface area contributed by atoms with E-state index in [0.717, 1.165) is 19.3 Å². The fourth-order valence-electron chi connectivity index (χ4n) is 3.46. The molecule has 144 valence electrons. The zero-order valence-electron chi connectivity index (χ0n) is 15.8. The number of benzene rings is 1. The Morgan fingerprint density at radius 1 is 0.962 bits per heavy atom. The van der Waals surface area contributed by atoms with Crippen LogP contribution in [0.15, 0.2) is 12.1 Å². The van der Waals surface area contributed by atoms with E-state index < -0.39 is 5.54 Å². The number of amides is 1. The highest BCUT2D eigenvalue weighted by Crippen LogP contribution is 2.38. The number of hydrogen-bond donors (Lipinski definition) is 1. The summed E-state index contributed by atoms with van der Waals surface area (Å²) in [6.07, 6.45) is 4.12. The lowest BCUT2D eigenvalue weighted by Gasteiger charge is -2.35. The third kappa shape index (κ3) is 4.20. The molecule has 0 atom stereocenters. The van der Waals surface area contributed by atoms with E-state index in [4.69, 9.17) is 18.9 Å². The van der Waals surface area contributed by atoms with Crippen molar-refractivity contribution in [2.75, 3.05) is 28.4 Å². The second-order valence-electron chi connectivity index (χ2n) is 6.39. The van der Waals surface area contributed by atoms with Crippen LogP contribution in [0.2, 0.25) is 0 Å². The molecule has 0 heterocycles. The first-order chi connectivity index (χ1) is 12.5. The Bertz CT molecular complexity index is 626. The largest absolute Gasteiger partial charge is 0.493 e. The van der Waals surface area contributed by atoms with Crippen LogP contribution in [0.25, 0.3) is 0 Å². The maximum absolute atomic E-state index is 12.6. The molecule has 1 saturated carbocycles. The molecule has 26 heavy (non-hydrogen) atoms. The number of ether oxygens (including phenoxy) is 4. The van der Waals surface area contributed by atoms with Gasteiger partial charge in [-0.1, -0.05) is 19.3 Å².